The molecule has 0 saturated carbocycles. The number of hydrogen-bond donors (Lipinski definition) is 0. The lowest BCUT2D eigenvalue weighted by Crippen LogP contribution is -1.76. The van der Waals surface area contributed by atoms with Crippen molar-refractivity contribution in [1.82, 2.24) is 0 Å². The Kier molecular flexibility index (Phi) is 3.41. The number of benzene rings is 1. The van der Waals surface area contributed by atoms with E-state index in [1.807, 2.05) is 6.26 Å². The SMILES string of the molecule is CSc1ccc(N=C=S)c(F)c1. The number of rotatable bonds is 2. The van der Waals surface area contributed by atoms with Crippen LogP contribution in [0.4, 0.5) is 10.1 Å². The number of nitrogens with zero attached hydrogens (tertiary/aromatic N) is 1. The van der Waals surface area contributed by atoms with Gasteiger partial charge in [0, 0.05) is 4.90 Å². The van der Waals surface area contributed by atoms with Crippen molar-refractivity contribution in [3.63, 3.8) is 0 Å². The second kappa shape index (κ2) is 4.36. The maximum atomic E-state index is 13.0. The van der Waals surface area contributed by atoms with Crippen LogP contribution in [0.2, 0.25) is 0 Å². The van der Waals surface area contributed by atoms with Crippen LogP contribution in [-0.2, 0) is 0 Å². The molecule has 0 aromatic heterocycles. The largest absolute Gasteiger partial charge is 0.205 e. The Morgan fingerprint density at radius 3 is 2.83 bits per heavy atom. The standard InChI is InChI=1S/C8H6FNS2/c1-12-6-2-3-8(10-5-11)7(9)4-6/h2-4H,1H3. The van der Waals surface area contributed by atoms with Gasteiger partial charge in [0.2, 0.25) is 0 Å². The van der Waals surface area contributed by atoms with Crippen molar-refractivity contribution in [3.05, 3.63) is 24.0 Å². The molecule has 0 atom stereocenters. The number of halogens is 1. The van der Waals surface area contributed by atoms with E-state index in [-0.39, 0.29) is 11.5 Å². The van der Waals surface area contributed by atoms with E-state index in [2.05, 4.69) is 22.4 Å². The highest BCUT2D eigenvalue weighted by atomic mass is 32.2. The van der Waals surface area contributed by atoms with Gasteiger partial charge in [0.1, 0.15) is 5.69 Å². The molecule has 0 bridgehead atoms. The van der Waals surface area contributed by atoms with Gasteiger partial charge in [0.15, 0.2) is 5.82 Å². The lowest BCUT2D eigenvalue weighted by molar-refractivity contribution is 0.626. The molecule has 0 amide bonds. The summed E-state index contributed by atoms with van der Waals surface area (Å²) in [6.07, 6.45) is 1.89. The minimum atomic E-state index is -0.362. The molecule has 0 radical (unpaired) electrons. The molecule has 0 spiro atoms. The first kappa shape index (κ1) is 9.39. The van der Waals surface area contributed by atoms with E-state index in [1.54, 1.807) is 12.1 Å². The van der Waals surface area contributed by atoms with E-state index in [0.717, 1.165) is 4.90 Å². The van der Waals surface area contributed by atoms with Crippen molar-refractivity contribution < 1.29 is 4.39 Å². The second-order valence-electron chi connectivity index (χ2n) is 2.02. The smallest absolute Gasteiger partial charge is 0.150 e. The summed E-state index contributed by atoms with van der Waals surface area (Å²) in [5.74, 6) is -0.362. The Morgan fingerprint density at radius 1 is 1.58 bits per heavy atom. The normalized spacial score (nSPS) is 9.17. The van der Waals surface area contributed by atoms with Crippen LogP contribution in [0.1, 0.15) is 0 Å². The number of thiocarbonyl (C=S) groups is 1. The summed E-state index contributed by atoms with van der Waals surface area (Å²) in [6, 6.07) is 4.80. The van der Waals surface area contributed by atoms with Crippen LogP contribution in [0.5, 0.6) is 0 Å². The minimum Gasteiger partial charge on any atom is -0.205 e. The first-order valence-electron chi connectivity index (χ1n) is 3.19. The van der Waals surface area contributed by atoms with Gasteiger partial charge in [-0.25, -0.2) is 4.39 Å². The molecule has 62 valence electrons. The highest BCUT2D eigenvalue weighted by molar-refractivity contribution is 7.98. The van der Waals surface area contributed by atoms with Crippen LogP contribution >= 0.6 is 24.0 Å². The first-order chi connectivity index (χ1) is 5.77. The molecule has 0 unspecified atom stereocenters. The predicted octanol–water partition coefficient (Wildman–Crippen LogP) is 3.28. The molecule has 4 heteroatoms. The van der Waals surface area contributed by atoms with Crippen LogP contribution < -0.4 is 0 Å². The lowest BCUT2D eigenvalue weighted by Gasteiger charge is -1.97. The Morgan fingerprint density at radius 2 is 2.33 bits per heavy atom. The van der Waals surface area contributed by atoms with E-state index in [4.69, 9.17) is 0 Å². The molecule has 12 heavy (non-hydrogen) atoms. The van der Waals surface area contributed by atoms with Crippen LogP contribution in [0, 0.1) is 5.82 Å². The van der Waals surface area contributed by atoms with Gasteiger partial charge in [0.05, 0.1) is 5.16 Å². The quantitative estimate of drug-likeness (QED) is 0.411. The predicted molar refractivity (Wildman–Crippen MR) is 52.9 cm³/mol. The zero-order valence-corrected chi connectivity index (χ0v) is 8.01. The van der Waals surface area contributed by atoms with E-state index in [0.29, 0.717) is 0 Å². The van der Waals surface area contributed by atoms with E-state index in [1.165, 1.54) is 17.8 Å². The topological polar surface area (TPSA) is 12.4 Å². The minimum absolute atomic E-state index is 0.239. The van der Waals surface area contributed by atoms with Gasteiger partial charge in [-0.05, 0) is 36.7 Å². The highest BCUT2D eigenvalue weighted by Gasteiger charge is 2.00. The van der Waals surface area contributed by atoms with Gasteiger partial charge in [-0.1, -0.05) is 0 Å². The molecule has 0 aliphatic heterocycles. The fraction of sp³-hybridized carbons (Fsp3) is 0.125. The third-order valence-electron chi connectivity index (χ3n) is 1.32. The van der Waals surface area contributed by atoms with Gasteiger partial charge in [-0.2, -0.15) is 4.99 Å². The molecular weight excluding hydrogens is 193 g/mol. The maximum absolute atomic E-state index is 13.0. The van der Waals surface area contributed by atoms with Gasteiger partial charge in [-0.15, -0.1) is 11.8 Å². The third-order valence-corrected chi connectivity index (χ3v) is 2.14. The van der Waals surface area contributed by atoms with Crippen LogP contribution in [0.25, 0.3) is 0 Å². The summed E-state index contributed by atoms with van der Waals surface area (Å²) in [5, 5.41) is 2.12. The van der Waals surface area contributed by atoms with Gasteiger partial charge >= 0.3 is 0 Å². The Bertz CT molecular complexity index is 332. The molecule has 1 aromatic carbocycles. The third kappa shape index (κ3) is 2.14. The Hall–Kier alpha value is -0.700. The zero-order chi connectivity index (χ0) is 8.97. The summed E-state index contributed by atoms with van der Waals surface area (Å²) >= 11 is 5.85. The van der Waals surface area contributed by atoms with Crippen LogP contribution in [0.15, 0.2) is 28.1 Å². The molecule has 0 heterocycles. The Balaban J connectivity index is 3.11. The summed E-state index contributed by atoms with van der Waals surface area (Å²) in [4.78, 5) is 4.43. The molecule has 0 fully saturated rings. The van der Waals surface area contributed by atoms with Crippen molar-refractivity contribution in [2.24, 2.45) is 4.99 Å². The van der Waals surface area contributed by atoms with Crippen molar-refractivity contribution in [1.29, 1.82) is 0 Å². The molecule has 0 aliphatic rings. The van der Waals surface area contributed by atoms with E-state index in [9.17, 15) is 4.39 Å². The molecule has 1 rings (SSSR count). The number of hydrogen-bond acceptors (Lipinski definition) is 3. The summed E-state index contributed by atoms with van der Waals surface area (Å²) in [7, 11) is 0. The molecule has 1 aromatic rings. The van der Waals surface area contributed by atoms with Gasteiger partial charge in [0.25, 0.3) is 0 Å². The highest BCUT2D eigenvalue weighted by Crippen LogP contribution is 2.23. The van der Waals surface area contributed by atoms with Gasteiger partial charge in [-0.3, -0.25) is 0 Å². The summed E-state index contributed by atoms with van der Waals surface area (Å²) in [6.45, 7) is 0. The number of aliphatic imine (C=N–C) groups is 1. The van der Waals surface area contributed by atoms with Crippen LogP contribution in [0.3, 0.4) is 0 Å². The van der Waals surface area contributed by atoms with Crippen molar-refractivity contribution in [3.8, 4) is 0 Å². The first-order valence-corrected chi connectivity index (χ1v) is 4.82. The molecular formula is C8H6FNS2. The number of isothiocyanates is 1. The van der Waals surface area contributed by atoms with E-state index < -0.39 is 0 Å². The van der Waals surface area contributed by atoms with Gasteiger partial charge < -0.3 is 0 Å². The zero-order valence-electron chi connectivity index (χ0n) is 6.37. The van der Waals surface area contributed by atoms with E-state index >= 15 is 0 Å². The fourth-order valence-electron chi connectivity index (χ4n) is 0.754. The average molecular weight is 199 g/mol. The average Bonchev–Trinajstić information content (AvgIpc) is 2.09. The fourth-order valence-corrected chi connectivity index (χ4v) is 1.28. The molecule has 0 aliphatic carbocycles. The van der Waals surface area contributed by atoms with Crippen molar-refractivity contribution in [2.75, 3.05) is 6.26 Å². The summed E-state index contributed by atoms with van der Waals surface area (Å²) < 4.78 is 13.0. The van der Waals surface area contributed by atoms with Crippen LogP contribution in [-0.4, -0.2) is 11.4 Å². The monoisotopic (exact) mass is 199 g/mol. The Labute approximate surface area is 79.7 Å². The summed E-state index contributed by atoms with van der Waals surface area (Å²) in [5.41, 5.74) is 0.239. The molecule has 1 nitrogen and oxygen atoms in total. The van der Waals surface area contributed by atoms with Crippen molar-refractivity contribution >= 4 is 34.8 Å². The van der Waals surface area contributed by atoms with Crippen molar-refractivity contribution in [2.45, 2.75) is 4.90 Å². The second-order valence-corrected chi connectivity index (χ2v) is 3.08. The molecule has 0 N–H and O–H groups in total. The lowest BCUT2D eigenvalue weighted by atomic mass is 10.3. The maximum Gasteiger partial charge on any atom is 0.150 e. The number of thioether (sulfide) groups is 1. The molecule has 0 saturated heterocycles.